The number of ether oxygens (including phenoxy) is 1. The highest BCUT2D eigenvalue weighted by Crippen LogP contribution is 2.17. The first-order chi connectivity index (χ1) is 9.06. The first-order valence-corrected chi connectivity index (χ1v) is 6.51. The highest BCUT2D eigenvalue weighted by Gasteiger charge is 2.12. The predicted octanol–water partition coefficient (Wildman–Crippen LogP) is 4.16. The fourth-order valence-corrected chi connectivity index (χ4v) is 1.84. The Morgan fingerprint density at radius 2 is 2.32 bits per heavy atom. The molecule has 19 heavy (non-hydrogen) atoms. The van der Waals surface area contributed by atoms with Gasteiger partial charge in [-0.25, -0.2) is 4.79 Å². The summed E-state index contributed by atoms with van der Waals surface area (Å²) in [6.45, 7) is 7.95. The van der Waals surface area contributed by atoms with Crippen molar-refractivity contribution in [2.75, 3.05) is 7.11 Å². The molecule has 1 rings (SSSR count). The van der Waals surface area contributed by atoms with Gasteiger partial charge in [-0.15, -0.1) is 0 Å². The van der Waals surface area contributed by atoms with Crippen LogP contribution in [0.5, 0.6) is 0 Å². The molecule has 0 radical (unpaired) electrons. The van der Waals surface area contributed by atoms with Crippen LogP contribution in [0, 0.1) is 5.92 Å². The van der Waals surface area contributed by atoms with Crippen LogP contribution in [0.4, 0.5) is 0 Å². The van der Waals surface area contributed by atoms with Gasteiger partial charge in [0.1, 0.15) is 12.0 Å². The summed E-state index contributed by atoms with van der Waals surface area (Å²) >= 11 is 0. The summed E-state index contributed by atoms with van der Waals surface area (Å²) in [5.74, 6) is 0.982. The zero-order valence-corrected chi connectivity index (χ0v) is 11.9. The maximum Gasteiger partial charge on any atom is 0.341 e. The molecule has 1 aromatic heterocycles. The standard InChI is InChI=1S/C16H22O3/c1-5-12(2)7-6-8-13(3)9-15-10-14(11-19-15)16(17)18-4/h5,7,10-11,13H,1,6,8-9H2,2-4H3. The Bertz CT molecular complexity index is 454. The van der Waals surface area contributed by atoms with Crippen LogP contribution in [0.15, 0.2) is 41.1 Å². The lowest BCUT2D eigenvalue weighted by atomic mass is 9.99. The number of esters is 1. The molecule has 0 aliphatic rings. The minimum atomic E-state index is -0.354. The Balaban J connectivity index is 2.44. The van der Waals surface area contributed by atoms with Gasteiger partial charge in [0.2, 0.25) is 0 Å². The highest BCUT2D eigenvalue weighted by molar-refractivity contribution is 5.88. The number of rotatable bonds is 7. The second kappa shape index (κ2) is 7.62. The summed E-state index contributed by atoms with van der Waals surface area (Å²) in [4.78, 5) is 11.3. The van der Waals surface area contributed by atoms with Crippen LogP contribution < -0.4 is 0 Å². The van der Waals surface area contributed by atoms with Crippen molar-refractivity contribution in [1.82, 2.24) is 0 Å². The first kappa shape index (κ1) is 15.3. The number of carbonyl (C=O) groups is 1. The molecule has 0 aliphatic carbocycles. The van der Waals surface area contributed by atoms with Gasteiger partial charge in [-0.2, -0.15) is 0 Å². The fourth-order valence-electron chi connectivity index (χ4n) is 1.84. The van der Waals surface area contributed by atoms with Gasteiger partial charge < -0.3 is 9.15 Å². The van der Waals surface area contributed by atoms with Crippen molar-refractivity contribution in [3.05, 3.63) is 48.0 Å². The van der Waals surface area contributed by atoms with Crippen LogP contribution in [-0.2, 0) is 11.2 Å². The molecular formula is C16H22O3. The van der Waals surface area contributed by atoms with Gasteiger partial charge in [0.15, 0.2) is 0 Å². The summed E-state index contributed by atoms with van der Waals surface area (Å²) in [7, 11) is 1.37. The Morgan fingerprint density at radius 3 is 2.95 bits per heavy atom. The first-order valence-electron chi connectivity index (χ1n) is 6.51. The van der Waals surface area contributed by atoms with Crippen molar-refractivity contribution in [1.29, 1.82) is 0 Å². The molecule has 0 saturated carbocycles. The van der Waals surface area contributed by atoms with E-state index in [1.807, 2.05) is 13.0 Å². The van der Waals surface area contributed by atoms with E-state index in [0.29, 0.717) is 11.5 Å². The lowest BCUT2D eigenvalue weighted by Crippen LogP contribution is -2.00. The number of hydrogen-bond acceptors (Lipinski definition) is 3. The van der Waals surface area contributed by atoms with E-state index in [1.165, 1.54) is 18.9 Å². The Labute approximate surface area is 115 Å². The van der Waals surface area contributed by atoms with E-state index >= 15 is 0 Å². The van der Waals surface area contributed by atoms with E-state index in [-0.39, 0.29) is 5.97 Å². The number of hydrogen-bond donors (Lipinski definition) is 0. The lowest BCUT2D eigenvalue weighted by molar-refractivity contribution is 0.0600. The Kier molecular flexibility index (Phi) is 6.13. The van der Waals surface area contributed by atoms with Gasteiger partial charge in [0.05, 0.1) is 12.7 Å². The highest BCUT2D eigenvalue weighted by atomic mass is 16.5. The van der Waals surface area contributed by atoms with Crippen molar-refractivity contribution >= 4 is 5.97 Å². The summed E-state index contributed by atoms with van der Waals surface area (Å²) in [5.41, 5.74) is 1.69. The van der Waals surface area contributed by atoms with Gasteiger partial charge in [0, 0.05) is 6.42 Å². The molecule has 0 saturated heterocycles. The third-order valence-corrected chi connectivity index (χ3v) is 3.07. The summed E-state index contributed by atoms with van der Waals surface area (Å²) in [6, 6.07) is 1.76. The van der Waals surface area contributed by atoms with Crippen LogP contribution in [0.25, 0.3) is 0 Å². The molecule has 1 aromatic rings. The molecular weight excluding hydrogens is 240 g/mol. The number of furan rings is 1. The van der Waals surface area contributed by atoms with Crippen molar-refractivity contribution in [3.63, 3.8) is 0 Å². The normalized spacial score (nSPS) is 13.1. The summed E-state index contributed by atoms with van der Waals surface area (Å²) < 4.78 is 10.0. The minimum absolute atomic E-state index is 0.354. The second-order valence-corrected chi connectivity index (χ2v) is 4.83. The minimum Gasteiger partial charge on any atom is -0.468 e. The van der Waals surface area contributed by atoms with Gasteiger partial charge in [-0.05, 0) is 31.7 Å². The van der Waals surface area contributed by atoms with Crippen LogP contribution >= 0.6 is 0 Å². The maximum absolute atomic E-state index is 11.3. The zero-order chi connectivity index (χ0) is 14.3. The lowest BCUT2D eigenvalue weighted by Gasteiger charge is -2.07. The van der Waals surface area contributed by atoms with E-state index in [2.05, 4.69) is 24.3 Å². The van der Waals surface area contributed by atoms with Crippen molar-refractivity contribution in [2.45, 2.75) is 33.1 Å². The average Bonchev–Trinajstić information content (AvgIpc) is 2.85. The topological polar surface area (TPSA) is 39.4 Å². The van der Waals surface area contributed by atoms with Crippen molar-refractivity contribution in [3.8, 4) is 0 Å². The fraction of sp³-hybridized carbons (Fsp3) is 0.438. The van der Waals surface area contributed by atoms with Crippen LogP contribution in [0.2, 0.25) is 0 Å². The molecule has 1 unspecified atom stereocenters. The van der Waals surface area contributed by atoms with Gasteiger partial charge >= 0.3 is 5.97 Å². The average molecular weight is 262 g/mol. The molecule has 0 fully saturated rings. The van der Waals surface area contributed by atoms with Crippen LogP contribution in [0.3, 0.4) is 0 Å². The molecule has 0 aromatic carbocycles. The molecule has 3 nitrogen and oxygen atoms in total. The van der Waals surface area contributed by atoms with Crippen LogP contribution in [-0.4, -0.2) is 13.1 Å². The number of methoxy groups -OCH3 is 1. The van der Waals surface area contributed by atoms with E-state index in [9.17, 15) is 4.79 Å². The van der Waals surface area contributed by atoms with E-state index < -0.39 is 0 Å². The second-order valence-electron chi connectivity index (χ2n) is 4.83. The van der Waals surface area contributed by atoms with Crippen LogP contribution in [0.1, 0.15) is 42.8 Å². The largest absolute Gasteiger partial charge is 0.468 e. The van der Waals surface area contributed by atoms with Crippen molar-refractivity contribution in [2.24, 2.45) is 5.92 Å². The Morgan fingerprint density at radius 1 is 1.58 bits per heavy atom. The van der Waals surface area contributed by atoms with Gasteiger partial charge in [0.25, 0.3) is 0 Å². The van der Waals surface area contributed by atoms with E-state index in [4.69, 9.17) is 4.42 Å². The van der Waals surface area contributed by atoms with Gasteiger partial charge in [-0.3, -0.25) is 0 Å². The van der Waals surface area contributed by atoms with Crippen molar-refractivity contribution < 1.29 is 13.9 Å². The molecule has 3 heteroatoms. The number of allylic oxidation sites excluding steroid dienone is 3. The third-order valence-electron chi connectivity index (χ3n) is 3.07. The SMILES string of the molecule is C=CC(C)=CCCC(C)Cc1cc(C(=O)OC)co1. The molecule has 0 aliphatic heterocycles. The molecule has 0 amide bonds. The predicted molar refractivity (Wildman–Crippen MR) is 76.1 cm³/mol. The Hall–Kier alpha value is -1.77. The molecule has 104 valence electrons. The summed E-state index contributed by atoms with van der Waals surface area (Å²) in [6.07, 6.45) is 8.45. The smallest absolute Gasteiger partial charge is 0.341 e. The zero-order valence-electron chi connectivity index (χ0n) is 11.9. The summed E-state index contributed by atoms with van der Waals surface area (Å²) in [5, 5.41) is 0. The van der Waals surface area contributed by atoms with Gasteiger partial charge in [-0.1, -0.05) is 31.2 Å². The molecule has 0 N–H and O–H groups in total. The molecule has 0 bridgehead atoms. The van der Waals surface area contributed by atoms with E-state index in [0.717, 1.165) is 25.0 Å². The monoisotopic (exact) mass is 262 g/mol. The maximum atomic E-state index is 11.3. The quantitative estimate of drug-likeness (QED) is 0.547. The molecule has 0 spiro atoms. The van der Waals surface area contributed by atoms with E-state index in [1.54, 1.807) is 6.07 Å². The molecule has 1 heterocycles. The number of carbonyl (C=O) groups excluding carboxylic acids is 1. The molecule has 1 atom stereocenters. The third kappa shape index (κ3) is 5.16.